The molecule has 4 aliphatic heterocycles. The van der Waals surface area contributed by atoms with Gasteiger partial charge in [0.1, 0.15) is 46.1 Å². The van der Waals surface area contributed by atoms with E-state index >= 15 is 0 Å². The highest BCUT2D eigenvalue weighted by Crippen LogP contribution is 2.41. The van der Waals surface area contributed by atoms with Gasteiger partial charge in [-0.25, -0.2) is 37.5 Å². The summed E-state index contributed by atoms with van der Waals surface area (Å²) in [6, 6.07) is 11.5. The summed E-state index contributed by atoms with van der Waals surface area (Å²) in [5, 5.41) is 11.1. The number of carbonyl (C=O) groups excluding carboxylic acids is 2. The molecule has 2 N–H and O–H groups in total. The smallest absolute Gasteiger partial charge is 0.410 e. The number of nitrogens with zero attached hydrogens (tertiary/aromatic N) is 11. The van der Waals surface area contributed by atoms with E-state index in [4.69, 9.17) is 29.2 Å². The highest BCUT2D eigenvalue weighted by Gasteiger charge is 2.43. The summed E-state index contributed by atoms with van der Waals surface area (Å²) in [5.74, 6) is 2.48. The highest BCUT2D eigenvalue weighted by molar-refractivity contribution is 7.92. The van der Waals surface area contributed by atoms with Crippen LogP contribution in [0, 0.1) is 25.6 Å². The van der Waals surface area contributed by atoms with E-state index in [1.807, 2.05) is 57.5 Å². The number of hydrogen-bond donors (Lipinski definition) is 2. The molecule has 3 saturated heterocycles. The number of H-pyrrole nitrogens is 1. The second-order valence-electron chi connectivity index (χ2n) is 25.6. The molecule has 2 atom stereocenters. The first-order valence-corrected chi connectivity index (χ1v) is 30.5. The lowest BCUT2D eigenvalue weighted by Crippen LogP contribution is -2.63. The van der Waals surface area contributed by atoms with Crippen LogP contribution in [-0.2, 0) is 31.2 Å². The van der Waals surface area contributed by atoms with Crippen LogP contribution in [0.5, 0.6) is 11.5 Å². The molecule has 0 bridgehead atoms. The number of carbonyl (C=O) groups is 2. The molecule has 4 aliphatic rings. The maximum absolute atomic E-state index is 14.6. The molecular weight excluding hydrogens is 1080 g/mol. The summed E-state index contributed by atoms with van der Waals surface area (Å²) in [7, 11) is -3.84. The van der Waals surface area contributed by atoms with Gasteiger partial charge in [0.25, 0.3) is 0 Å². The van der Waals surface area contributed by atoms with Crippen LogP contribution < -0.4 is 24.6 Å². The first-order valence-electron chi connectivity index (χ1n) is 29.0. The van der Waals surface area contributed by atoms with Gasteiger partial charge in [0.2, 0.25) is 11.9 Å². The van der Waals surface area contributed by atoms with Gasteiger partial charge in [-0.3, -0.25) is 19.8 Å². The number of piperidine rings is 2. The van der Waals surface area contributed by atoms with Crippen LogP contribution in [0.1, 0.15) is 116 Å². The van der Waals surface area contributed by atoms with Crippen LogP contribution in [0.2, 0.25) is 0 Å². The monoisotopic (exact) mass is 1160 g/mol. The molecule has 0 spiro atoms. The Hall–Kier alpha value is -7.04. The third-order valence-corrected chi connectivity index (χ3v) is 19.0. The van der Waals surface area contributed by atoms with Gasteiger partial charge in [0.05, 0.1) is 52.9 Å². The molecule has 6 aromatic rings. The molecule has 0 saturated carbocycles. The third-order valence-electron chi connectivity index (χ3n) is 16.5. The molecule has 10 rings (SSSR count). The summed E-state index contributed by atoms with van der Waals surface area (Å²) in [6.07, 6.45) is 10.1. The minimum absolute atomic E-state index is 0.0175. The number of aryl methyl sites for hydroxylation is 1. The van der Waals surface area contributed by atoms with Crippen molar-refractivity contribution in [3.05, 3.63) is 101 Å². The molecule has 83 heavy (non-hydrogen) atoms. The largest absolute Gasteiger partial charge is 0.492 e. The molecule has 3 fully saturated rings. The van der Waals surface area contributed by atoms with Crippen molar-refractivity contribution in [1.82, 2.24) is 49.8 Å². The lowest BCUT2D eigenvalue weighted by molar-refractivity contribution is -0.121. The Labute approximate surface area is 486 Å². The summed E-state index contributed by atoms with van der Waals surface area (Å²) < 4.78 is 59.6. The number of benzene rings is 2. The number of fused-ring (bicyclic) bond motifs is 2. The fourth-order valence-corrected chi connectivity index (χ4v) is 12.8. The number of piperazine rings is 1. The standard InChI is InChI=1S/C61H80FN13O7S/c1-38-31-73(34-53(76)75-36-61(10,11)54-50(75)25-43(28-63-54)24-41-12-14-44(62)15-13-41)45(33-74(38)58(77)82-59(4,5)6)32-71-20-18-46(19-21-71)81-47-29-64-57(65-30-47)72-22-16-42(17-23-72)35-80-51-27-49-48(26-52(51)83(78,79)60(7,8)9)56(67-37-66-49)68-55-39(2)40(3)69-70-55/h12-15,25-30,37-38,42,45-46H,16-24,31-36H2,1-11H3,(H2,66,67,68,69,70)/t38-,45-/m0/s1. The molecule has 8 heterocycles. The number of aromatic nitrogens is 7. The van der Waals surface area contributed by atoms with E-state index in [0.717, 1.165) is 72.5 Å². The van der Waals surface area contributed by atoms with E-state index in [-0.39, 0.29) is 64.5 Å². The number of rotatable bonds is 15. The van der Waals surface area contributed by atoms with E-state index in [1.54, 1.807) is 57.4 Å². The van der Waals surface area contributed by atoms with Gasteiger partial charge >= 0.3 is 6.09 Å². The molecule has 2 aromatic carbocycles. The lowest BCUT2D eigenvalue weighted by atomic mass is 9.91. The second-order valence-corrected chi connectivity index (χ2v) is 28.3. The molecule has 22 heteroatoms. The van der Waals surface area contributed by atoms with Crippen molar-refractivity contribution in [2.24, 2.45) is 5.92 Å². The van der Waals surface area contributed by atoms with Crippen LogP contribution in [0.3, 0.4) is 0 Å². The molecule has 20 nitrogen and oxygen atoms in total. The zero-order valence-electron chi connectivity index (χ0n) is 49.8. The van der Waals surface area contributed by atoms with Gasteiger partial charge in [-0.2, -0.15) is 5.10 Å². The van der Waals surface area contributed by atoms with Crippen molar-refractivity contribution in [2.75, 3.05) is 80.6 Å². The number of ether oxygens (including phenoxy) is 3. The topological polar surface area (TPSA) is 217 Å². The zero-order chi connectivity index (χ0) is 59.2. The molecule has 0 radical (unpaired) electrons. The van der Waals surface area contributed by atoms with Gasteiger partial charge in [-0.15, -0.1) is 0 Å². The van der Waals surface area contributed by atoms with Gasteiger partial charge < -0.3 is 39.1 Å². The fraction of sp³-hybridized carbons (Fsp3) is 0.541. The molecule has 4 aromatic heterocycles. The van der Waals surface area contributed by atoms with Gasteiger partial charge in [0, 0.05) is 93.1 Å². The van der Waals surface area contributed by atoms with Crippen LogP contribution in [0.25, 0.3) is 10.9 Å². The lowest BCUT2D eigenvalue weighted by Gasteiger charge is -2.47. The minimum atomic E-state index is -3.84. The minimum Gasteiger partial charge on any atom is -0.492 e. The first-order chi connectivity index (χ1) is 39.3. The number of anilines is 4. The highest BCUT2D eigenvalue weighted by atomic mass is 32.2. The number of pyridine rings is 1. The summed E-state index contributed by atoms with van der Waals surface area (Å²) in [4.78, 5) is 62.1. The Kier molecular flexibility index (Phi) is 16.8. The van der Waals surface area contributed by atoms with E-state index in [9.17, 15) is 22.4 Å². The van der Waals surface area contributed by atoms with Crippen molar-refractivity contribution >= 4 is 56.0 Å². The predicted octanol–water partition coefficient (Wildman–Crippen LogP) is 8.97. The van der Waals surface area contributed by atoms with Gasteiger partial charge in [-0.05, 0) is 136 Å². The van der Waals surface area contributed by atoms with Crippen molar-refractivity contribution in [1.29, 1.82) is 0 Å². The molecule has 0 unspecified atom stereocenters. The van der Waals surface area contributed by atoms with Crippen molar-refractivity contribution in [3.8, 4) is 11.5 Å². The second kappa shape index (κ2) is 23.5. The number of aromatic amines is 1. The maximum atomic E-state index is 14.6. The average Bonchev–Trinajstić information content (AvgIpc) is 2.72. The fourth-order valence-electron chi connectivity index (χ4n) is 11.5. The van der Waals surface area contributed by atoms with Crippen molar-refractivity contribution < 1.29 is 36.6 Å². The van der Waals surface area contributed by atoms with Crippen molar-refractivity contribution in [3.63, 3.8) is 0 Å². The van der Waals surface area contributed by atoms with E-state index < -0.39 is 20.2 Å². The first kappa shape index (κ1) is 59.1. The Morgan fingerprint density at radius 3 is 2.24 bits per heavy atom. The Morgan fingerprint density at radius 2 is 1.58 bits per heavy atom. The normalized spacial score (nSPS) is 19.5. The molecule has 2 amide bonds. The Morgan fingerprint density at radius 1 is 0.867 bits per heavy atom. The summed E-state index contributed by atoms with van der Waals surface area (Å²) in [5.41, 5.74) is 4.91. The molecular formula is C61H80FN13O7S. The zero-order valence-corrected chi connectivity index (χ0v) is 50.6. The van der Waals surface area contributed by atoms with E-state index in [0.29, 0.717) is 86.5 Å². The number of hydrogen-bond acceptors (Lipinski definition) is 17. The number of sulfone groups is 1. The number of amides is 2. The number of halogens is 1. The van der Waals surface area contributed by atoms with Gasteiger partial charge in [0.15, 0.2) is 15.6 Å². The van der Waals surface area contributed by atoms with Crippen LogP contribution in [0.15, 0.2) is 72.3 Å². The van der Waals surface area contributed by atoms with Crippen LogP contribution in [0.4, 0.5) is 32.5 Å². The van der Waals surface area contributed by atoms with Crippen LogP contribution in [-0.4, -0.2) is 164 Å². The predicted molar refractivity (Wildman–Crippen MR) is 317 cm³/mol. The van der Waals surface area contributed by atoms with Gasteiger partial charge in [-0.1, -0.05) is 26.0 Å². The number of nitrogens with one attached hydrogen (secondary N) is 2. The Bertz CT molecular complexity index is 3420. The van der Waals surface area contributed by atoms with Crippen molar-refractivity contribution in [2.45, 2.75) is 147 Å². The Balaban J connectivity index is 0.736. The maximum Gasteiger partial charge on any atom is 0.410 e. The molecule has 444 valence electrons. The summed E-state index contributed by atoms with van der Waals surface area (Å²) >= 11 is 0. The van der Waals surface area contributed by atoms with E-state index in [2.05, 4.69) is 60.1 Å². The SMILES string of the molecule is Cc1n[nH]c(Nc2ncnc3cc(OCC4CCN(c5ncc(OC6CCN(C[C@H]7CN(C(=O)OC(C)(C)C)[C@@H](C)CN7CC(=O)N7CC(C)(C)c8ncc(Cc9ccc(F)cc9)cc87)CC6)cn5)CC4)c(S(=O)(=O)C(C)(C)C)cc23)c1C. The number of likely N-dealkylation sites (tertiary alicyclic amines) is 1. The third kappa shape index (κ3) is 13.3. The average molecular weight is 1160 g/mol. The van der Waals surface area contributed by atoms with Crippen LogP contribution >= 0.6 is 0 Å². The molecule has 0 aliphatic carbocycles. The van der Waals surface area contributed by atoms with E-state index in [1.165, 1.54) is 18.5 Å². The quantitative estimate of drug-likeness (QED) is 0.0980. The summed E-state index contributed by atoms with van der Waals surface area (Å²) in [6.45, 7) is 26.3.